The molecule has 0 radical (unpaired) electrons. The van der Waals surface area contributed by atoms with Crippen LogP contribution < -0.4 is 0 Å². The molecule has 0 N–H and O–H groups in total. The first-order valence-electron chi connectivity index (χ1n) is 3.89. The minimum atomic E-state index is -1.95. The Bertz CT molecular complexity index is 200. The summed E-state index contributed by atoms with van der Waals surface area (Å²) >= 11 is 2.93. The monoisotopic (exact) mass is 240 g/mol. The zero-order chi connectivity index (χ0) is 7.47. The third-order valence-electron chi connectivity index (χ3n) is 2.41. The predicted molar refractivity (Wildman–Crippen MR) is 41.1 cm³/mol. The second-order valence-electron chi connectivity index (χ2n) is 3.34. The molecule has 4 bridgehead atoms. The quantitative estimate of drug-likeness (QED) is 0.469. The topological polar surface area (TPSA) is 27.7 Å². The van der Waals surface area contributed by atoms with Gasteiger partial charge >= 0.3 is 72.4 Å². The van der Waals surface area contributed by atoms with Gasteiger partial charge in [0.2, 0.25) is 0 Å². The molecule has 0 aromatic carbocycles. The summed E-state index contributed by atoms with van der Waals surface area (Å²) in [5, 5.41) is 0. The molecule has 4 rings (SSSR count). The van der Waals surface area contributed by atoms with Crippen LogP contribution in [-0.4, -0.2) is 33.4 Å². The van der Waals surface area contributed by atoms with E-state index >= 15 is 0 Å². The van der Waals surface area contributed by atoms with Crippen molar-refractivity contribution in [2.24, 2.45) is 0 Å². The van der Waals surface area contributed by atoms with E-state index in [1.54, 1.807) is 0 Å². The fraction of sp³-hybridized carbons (Fsp3) is 1.00. The molecule has 1 aliphatic carbocycles. The molecule has 3 aliphatic heterocycles. The molecule has 0 spiro atoms. The summed E-state index contributed by atoms with van der Waals surface area (Å²) in [4.78, 5) is 0. The normalized spacial score (nSPS) is 60.2. The van der Waals surface area contributed by atoms with Gasteiger partial charge in [-0.2, -0.15) is 0 Å². The standard InChI is InChI=1S/C6H9O3PSe/c11-10-7-4-1-5(8-10)3-6(2-4)9-10/h4-6H,1-3H2. The zero-order valence-corrected chi connectivity index (χ0v) is 8.54. The predicted octanol–water partition coefficient (Wildman–Crippen LogP) is 1.20. The SMILES string of the molecule is [Se]=P12OC3CC(CC(C3)O1)O2. The summed E-state index contributed by atoms with van der Waals surface area (Å²) < 4.78 is 16.9. The van der Waals surface area contributed by atoms with Gasteiger partial charge in [-0.25, -0.2) is 0 Å². The van der Waals surface area contributed by atoms with Crippen molar-refractivity contribution in [2.45, 2.75) is 37.6 Å². The first kappa shape index (κ1) is 7.25. The Morgan fingerprint density at radius 1 is 0.909 bits per heavy atom. The molecule has 0 unspecified atom stereocenters. The van der Waals surface area contributed by atoms with Crippen molar-refractivity contribution in [1.82, 2.24) is 0 Å². The van der Waals surface area contributed by atoms with Crippen LogP contribution in [0.5, 0.6) is 0 Å². The maximum atomic E-state index is 5.62. The van der Waals surface area contributed by atoms with E-state index in [-0.39, 0.29) is 0 Å². The molecule has 4 fully saturated rings. The van der Waals surface area contributed by atoms with E-state index in [1.807, 2.05) is 0 Å². The second kappa shape index (κ2) is 2.20. The van der Waals surface area contributed by atoms with Crippen LogP contribution in [0.15, 0.2) is 0 Å². The molecule has 1 saturated carbocycles. The zero-order valence-electron chi connectivity index (χ0n) is 5.93. The van der Waals surface area contributed by atoms with Gasteiger partial charge in [0, 0.05) is 0 Å². The van der Waals surface area contributed by atoms with Crippen molar-refractivity contribution in [3.05, 3.63) is 0 Å². The fourth-order valence-corrected chi connectivity index (χ4v) is 6.11. The van der Waals surface area contributed by atoms with Crippen LogP contribution in [0.4, 0.5) is 0 Å². The van der Waals surface area contributed by atoms with E-state index in [1.165, 1.54) is 0 Å². The molecule has 0 aromatic heterocycles. The molecule has 3 saturated heterocycles. The minimum absolute atomic E-state index is 0.413. The molecular formula is C6H9O3PSe. The average molecular weight is 239 g/mol. The van der Waals surface area contributed by atoms with Crippen molar-refractivity contribution in [1.29, 1.82) is 0 Å². The summed E-state index contributed by atoms with van der Waals surface area (Å²) in [7, 11) is 0. The maximum absolute atomic E-state index is 5.62. The molecule has 0 aromatic rings. The van der Waals surface area contributed by atoms with Crippen LogP contribution in [0.3, 0.4) is 0 Å². The van der Waals surface area contributed by atoms with Crippen LogP contribution >= 0.6 is 6.19 Å². The van der Waals surface area contributed by atoms with Crippen molar-refractivity contribution >= 4 is 21.3 Å². The molecule has 5 heteroatoms. The third-order valence-corrected chi connectivity index (χ3v) is 5.71. The van der Waals surface area contributed by atoms with Crippen molar-refractivity contribution in [3.63, 3.8) is 0 Å². The van der Waals surface area contributed by atoms with E-state index < -0.39 is 6.19 Å². The van der Waals surface area contributed by atoms with E-state index in [4.69, 9.17) is 13.6 Å². The molecule has 0 atom stereocenters. The van der Waals surface area contributed by atoms with E-state index in [0.717, 1.165) is 19.3 Å². The Balaban J connectivity index is 2.00. The fourth-order valence-electron chi connectivity index (χ4n) is 2.05. The van der Waals surface area contributed by atoms with Gasteiger partial charge in [0.25, 0.3) is 0 Å². The van der Waals surface area contributed by atoms with E-state index in [0.29, 0.717) is 18.3 Å². The van der Waals surface area contributed by atoms with Crippen molar-refractivity contribution in [3.8, 4) is 0 Å². The summed E-state index contributed by atoms with van der Waals surface area (Å²) in [5.41, 5.74) is 0. The Kier molecular flexibility index (Phi) is 1.45. The Hall–Kier alpha value is 0.829. The number of hydrogen-bond acceptors (Lipinski definition) is 3. The van der Waals surface area contributed by atoms with E-state index in [2.05, 4.69) is 15.1 Å². The van der Waals surface area contributed by atoms with Gasteiger partial charge in [0.05, 0.1) is 0 Å². The van der Waals surface area contributed by atoms with Crippen molar-refractivity contribution in [2.75, 3.05) is 0 Å². The molecule has 3 nitrogen and oxygen atoms in total. The molecule has 4 aliphatic rings. The van der Waals surface area contributed by atoms with Crippen LogP contribution in [0.2, 0.25) is 0 Å². The number of hydrogen-bond donors (Lipinski definition) is 0. The first-order chi connectivity index (χ1) is 5.23. The Morgan fingerprint density at radius 2 is 1.27 bits per heavy atom. The van der Waals surface area contributed by atoms with Gasteiger partial charge in [-0.05, 0) is 0 Å². The van der Waals surface area contributed by atoms with Gasteiger partial charge in [-0.3, -0.25) is 0 Å². The Labute approximate surface area is 72.9 Å². The van der Waals surface area contributed by atoms with Crippen molar-refractivity contribution < 1.29 is 13.6 Å². The molecule has 62 valence electrons. The second-order valence-corrected chi connectivity index (χ2v) is 7.68. The van der Waals surface area contributed by atoms with Gasteiger partial charge in [0.1, 0.15) is 0 Å². The van der Waals surface area contributed by atoms with Gasteiger partial charge in [-0.15, -0.1) is 0 Å². The van der Waals surface area contributed by atoms with E-state index in [9.17, 15) is 0 Å². The summed E-state index contributed by atoms with van der Waals surface area (Å²) in [6, 6.07) is 0. The Morgan fingerprint density at radius 3 is 1.55 bits per heavy atom. The van der Waals surface area contributed by atoms with Gasteiger partial charge in [0.15, 0.2) is 0 Å². The third kappa shape index (κ3) is 1.09. The van der Waals surface area contributed by atoms with Crippen LogP contribution in [0, 0.1) is 0 Å². The summed E-state index contributed by atoms with van der Waals surface area (Å²) in [6.45, 7) is 0. The van der Waals surface area contributed by atoms with Crippen LogP contribution in [-0.2, 0) is 13.6 Å². The summed E-state index contributed by atoms with van der Waals surface area (Å²) in [5.74, 6) is 0. The molecule has 0 amide bonds. The van der Waals surface area contributed by atoms with Gasteiger partial charge in [-0.1, -0.05) is 0 Å². The van der Waals surface area contributed by atoms with Crippen LogP contribution in [0.25, 0.3) is 0 Å². The summed E-state index contributed by atoms with van der Waals surface area (Å²) in [6.07, 6.45) is 2.51. The first-order valence-corrected chi connectivity index (χ1v) is 7.65. The molecule has 11 heavy (non-hydrogen) atoms. The van der Waals surface area contributed by atoms with Gasteiger partial charge < -0.3 is 0 Å². The van der Waals surface area contributed by atoms with Crippen LogP contribution in [0.1, 0.15) is 19.3 Å². The average Bonchev–Trinajstić information content (AvgIpc) is 1.79. The number of rotatable bonds is 0. The molecular weight excluding hydrogens is 230 g/mol. The molecule has 3 heterocycles.